The van der Waals surface area contributed by atoms with E-state index in [1.807, 2.05) is 6.20 Å². The highest BCUT2D eigenvalue weighted by molar-refractivity contribution is 9.10. The van der Waals surface area contributed by atoms with Gasteiger partial charge in [-0.3, -0.25) is 4.90 Å². The molecule has 0 aromatic carbocycles. The highest BCUT2D eigenvalue weighted by atomic mass is 79.9. The van der Waals surface area contributed by atoms with Crippen molar-refractivity contribution in [2.45, 2.75) is 25.3 Å². The predicted octanol–water partition coefficient (Wildman–Crippen LogP) is 2.28. The van der Waals surface area contributed by atoms with Crippen molar-refractivity contribution in [3.8, 4) is 0 Å². The van der Waals surface area contributed by atoms with Crippen LogP contribution in [0, 0.1) is 0 Å². The van der Waals surface area contributed by atoms with Crippen LogP contribution in [0.3, 0.4) is 0 Å². The predicted molar refractivity (Wildman–Crippen MR) is 68.7 cm³/mol. The first kappa shape index (κ1) is 10.5. The van der Waals surface area contributed by atoms with Gasteiger partial charge in [0.2, 0.25) is 0 Å². The van der Waals surface area contributed by atoms with E-state index < -0.39 is 0 Å². The zero-order valence-electron chi connectivity index (χ0n) is 9.25. The third kappa shape index (κ3) is 1.96. The third-order valence-corrected chi connectivity index (χ3v) is 4.04. The van der Waals surface area contributed by atoms with Gasteiger partial charge in [-0.2, -0.15) is 0 Å². The Bertz CT molecular complexity index is 394. The van der Waals surface area contributed by atoms with Crippen LogP contribution in [-0.4, -0.2) is 35.6 Å². The number of hydrogen-bond acceptors (Lipinski definition) is 3. The second kappa shape index (κ2) is 4.34. The van der Waals surface area contributed by atoms with Gasteiger partial charge in [-0.1, -0.05) is 0 Å². The number of nitrogens with zero attached hydrogens (tertiary/aromatic N) is 2. The van der Waals surface area contributed by atoms with Crippen LogP contribution in [0.15, 0.2) is 16.7 Å². The second-order valence-electron chi connectivity index (χ2n) is 4.62. The molecule has 1 saturated heterocycles. The Morgan fingerprint density at radius 3 is 3.31 bits per heavy atom. The zero-order valence-corrected chi connectivity index (χ0v) is 10.8. The average molecular weight is 282 g/mol. The topological polar surface area (TPSA) is 28.2 Å². The molecule has 1 N–H and O–H groups in total. The maximum Gasteiger partial charge on any atom is 0.129 e. The van der Waals surface area contributed by atoms with Crippen molar-refractivity contribution in [3.05, 3.63) is 22.3 Å². The first-order valence-corrected chi connectivity index (χ1v) is 6.74. The molecule has 0 bridgehead atoms. The Labute approximate surface area is 104 Å². The Hall–Kier alpha value is -0.610. The van der Waals surface area contributed by atoms with E-state index >= 15 is 0 Å². The van der Waals surface area contributed by atoms with Crippen LogP contribution in [0.5, 0.6) is 0 Å². The van der Waals surface area contributed by atoms with Gasteiger partial charge in [0.15, 0.2) is 0 Å². The van der Waals surface area contributed by atoms with E-state index in [1.54, 1.807) is 0 Å². The molecule has 0 spiro atoms. The molecule has 0 aliphatic carbocycles. The zero-order chi connectivity index (χ0) is 11.0. The highest BCUT2D eigenvalue weighted by Crippen LogP contribution is 2.24. The fourth-order valence-corrected chi connectivity index (χ4v) is 3.11. The molecule has 2 aliphatic heterocycles. The van der Waals surface area contributed by atoms with E-state index in [1.165, 1.54) is 31.5 Å². The number of halogens is 1. The van der Waals surface area contributed by atoms with Gasteiger partial charge in [-0.15, -0.1) is 0 Å². The van der Waals surface area contributed by atoms with E-state index in [-0.39, 0.29) is 0 Å². The van der Waals surface area contributed by atoms with Crippen LogP contribution >= 0.6 is 15.9 Å². The molecule has 0 radical (unpaired) electrons. The number of nitrogens with one attached hydrogen (secondary N) is 1. The molecule has 86 valence electrons. The molecule has 3 rings (SSSR count). The molecular weight excluding hydrogens is 266 g/mol. The summed E-state index contributed by atoms with van der Waals surface area (Å²) in [7, 11) is 0. The van der Waals surface area contributed by atoms with Crippen molar-refractivity contribution in [1.82, 2.24) is 9.88 Å². The van der Waals surface area contributed by atoms with E-state index in [2.05, 4.69) is 37.2 Å². The summed E-state index contributed by atoms with van der Waals surface area (Å²) < 4.78 is 1.08. The van der Waals surface area contributed by atoms with Gasteiger partial charge in [0.1, 0.15) is 5.82 Å². The van der Waals surface area contributed by atoms with Gasteiger partial charge < -0.3 is 5.32 Å². The molecular formula is C12H16BrN3. The van der Waals surface area contributed by atoms with Gasteiger partial charge in [0.05, 0.1) is 0 Å². The summed E-state index contributed by atoms with van der Waals surface area (Å²) in [4.78, 5) is 7.07. The summed E-state index contributed by atoms with van der Waals surface area (Å²) in [5.41, 5.74) is 1.33. The maximum absolute atomic E-state index is 4.46. The summed E-state index contributed by atoms with van der Waals surface area (Å²) in [5, 5.41) is 3.49. The number of rotatable bonds is 0. The van der Waals surface area contributed by atoms with Crippen molar-refractivity contribution >= 4 is 21.7 Å². The van der Waals surface area contributed by atoms with Crippen molar-refractivity contribution < 1.29 is 0 Å². The Balaban J connectivity index is 1.86. The molecule has 4 heteroatoms. The molecule has 3 nitrogen and oxygen atoms in total. The molecule has 1 unspecified atom stereocenters. The fraction of sp³-hybridized carbons (Fsp3) is 0.583. The summed E-state index contributed by atoms with van der Waals surface area (Å²) in [6.45, 7) is 3.49. The Morgan fingerprint density at radius 2 is 2.38 bits per heavy atom. The van der Waals surface area contributed by atoms with Crippen LogP contribution in [-0.2, 0) is 6.42 Å². The minimum absolute atomic E-state index is 0.721. The second-order valence-corrected chi connectivity index (χ2v) is 5.54. The van der Waals surface area contributed by atoms with Crippen molar-refractivity contribution in [2.24, 2.45) is 0 Å². The number of pyridine rings is 1. The van der Waals surface area contributed by atoms with Crippen LogP contribution in [0.25, 0.3) is 0 Å². The quantitative estimate of drug-likeness (QED) is 0.791. The van der Waals surface area contributed by atoms with E-state index in [0.717, 1.165) is 29.3 Å². The number of fused-ring (bicyclic) bond motifs is 2. The van der Waals surface area contributed by atoms with Gasteiger partial charge in [-0.25, -0.2) is 4.98 Å². The van der Waals surface area contributed by atoms with Gasteiger partial charge in [0.25, 0.3) is 0 Å². The largest absolute Gasteiger partial charge is 0.368 e. The fourth-order valence-electron chi connectivity index (χ4n) is 2.73. The normalized spacial score (nSPS) is 25.2. The van der Waals surface area contributed by atoms with Crippen LogP contribution < -0.4 is 5.32 Å². The monoisotopic (exact) mass is 281 g/mol. The SMILES string of the molecule is Brc1cnc2c(c1)CCN1CCCC1CN2. The lowest BCUT2D eigenvalue weighted by Gasteiger charge is -2.28. The summed E-state index contributed by atoms with van der Waals surface area (Å²) in [5.74, 6) is 1.08. The van der Waals surface area contributed by atoms with Crippen LogP contribution in [0.2, 0.25) is 0 Å². The Morgan fingerprint density at radius 1 is 1.44 bits per heavy atom. The average Bonchev–Trinajstić information content (AvgIpc) is 2.69. The number of aromatic nitrogens is 1. The number of hydrogen-bond donors (Lipinski definition) is 1. The molecule has 2 aliphatic rings. The van der Waals surface area contributed by atoms with E-state index in [0.29, 0.717) is 0 Å². The van der Waals surface area contributed by atoms with Crippen LogP contribution in [0.4, 0.5) is 5.82 Å². The van der Waals surface area contributed by atoms with Gasteiger partial charge >= 0.3 is 0 Å². The van der Waals surface area contributed by atoms with E-state index in [9.17, 15) is 0 Å². The molecule has 1 aromatic heterocycles. The van der Waals surface area contributed by atoms with E-state index in [4.69, 9.17) is 0 Å². The van der Waals surface area contributed by atoms with Gasteiger partial charge in [0, 0.05) is 29.8 Å². The smallest absolute Gasteiger partial charge is 0.129 e. The summed E-state index contributed by atoms with van der Waals surface area (Å²) in [6, 6.07) is 2.91. The third-order valence-electron chi connectivity index (χ3n) is 3.61. The molecule has 16 heavy (non-hydrogen) atoms. The molecule has 1 fully saturated rings. The Kier molecular flexibility index (Phi) is 2.86. The van der Waals surface area contributed by atoms with Crippen molar-refractivity contribution in [2.75, 3.05) is 25.0 Å². The first-order chi connectivity index (χ1) is 7.83. The summed E-state index contributed by atoms with van der Waals surface area (Å²) in [6.07, 6.45) is 5.66. The summed E-state index contributed by atoms with van der Waals surface area (Å²) >= 11 is 3.49. The van der Waals surface area contributed by atoms with Crippen LogP contribution in [0.1, 0.15) is 18.4 Å². The van der Waals surface area contributed by atoms with Crippen molar-refractivity contribution in [1.29, 1.82) is 0 Å². The van der Waals surface area contributed by atoms with Gasteiger partial charge in [-0.05, 0) is 53.4 Å². The minimum atomic E-state index is 0.721. The lowest BCUT2D eigenvalue weighted by Crippen LogP contribution is -2.38. The lowest BCUT2D eigenvalue weighted by molar-refractivity contribution is 0.263. The molecule has 3 heterocycles. The maximum atomic E-state index is 4.46. The van der Waals surface area contributed by atoms with Crippen molar-refractivity contribution in [3.63, 3.8) is 0 Å². The highest BCUT2D eigenvalue weighted by Gasteiger charge is 2.26. The number of anilines is 1. The minimum Gasteiger partial charge on any atom is -0.368 e. The molecule has 1 aromatic rings. The first-order valence-electron chi connectivity index (χ1n) is 5.95. The standard InChI is InChI=1S/C12H16BrN3/c13-10-6-9-3-5-16-4-1-2-11(16)8-15-12(9)14-7-10/h6-7,11H,1-5,8H2,(H,14,15). The molecule has 0 amide bonds. The molecule has 1 atom stereocenters. The lowest BCUT2D eigenvalue weighted by atomic mass is 10.1. The molecule has 0 saturated carbocycles.